The van der Waals surface area contributed by atoms with Crippen LogP contribution >= 0.6 is 0 Å². The van der Waals surface area contributed by atoms with E-state index in [0.717, 1.165) is 18.6 Å². The van der Waals surface area contributed by atoms with Gasteiger partial charge < -0.3 is 4.74 Å². The van der Waals surface area contributed by atoms with Crippen molar-refractivity contribution in [3.8, 4) is 0 Å². The van der Waals surface area contributed by atoms with Crippen LogP contribution in [0.2, 0.25) is 0 Å². The lowest BCUT2D eigenvalue weighted by Gasteiger charge is -2.17. The predicted molar refractivity (Wildman–Crippen MR) is 70.1 cm³/mol. The third-order valence-electron chi connectivity index (χ3n) is 2.85. The van der Waals surface area contributed by atoms with Crippen molar-refractivity contribution in [2.45, 2.75) is 26.7 Å². The van der Waals surface area contributed by atoms with Gasteiger partial charge in [-0.3, -0.25) is 0 Å². The second-order valence-electron chi connectivity index (χ2n) is 4.04. The maximum atomic E-state index is 5.74. The maximum absolute atomic E-state index is 5.74. The van der Waals surface area contributed by atoms with Gasteiger partial charge in [-0.25, -0.2) is 0 Å². The molecule has 0 aromatic heterocycles. The normalized spacial score (nSPS) is 27.1. The summed E-state index contributed by atoms with van der Waals surface area (Å²) >= 11 is 0. The van der Waals surface area contributed by atoms with Gasteiger partial charge in [0, 0.05) is 0 Å². The first-order valence-electron chi connectivity index (χ1n) is 5.61. The van der Waals surface area contributed by atoms with Gasteiger partial charge in [-0.15, -0.1) is 0 Å². The highest BCUT2D eigenvalue weighted by Crippen LogP contribution is 2.23. The number of hydrogen-bond acceptors (Lipinski definition) is 1. The Hall–Kier alpha value is -1.50. The fraction of sp³-hybridized carbons (Fsp3) is 0.333. The summed E-state index contributed by atoms with van der Waals surface area (Å²) in [5.74, 6) is 0.928. The van der Waals surface area contributed by atoms with E-state index < -0.39 is 0 Å². The maximum Gasteiger partial charge on any atom is 0.118 e. The lowest BCUT2D eigenvalue weighted by molar-refractivity contribution is 0.248. The fourth-order valence-electron chi connectivity index (χ4n) is 1.67. The largest absolute Gasteiger partial charge is 0.489 e. The van der Waals surface area contributed by atoms with Gasteiger partial charge in [-0.2, -0.15) is 0 Å². The van der Waals surface area contributed by atoms with E-state index >= 15 is 0 Å². The molecule has 0 radical (unpaired) electrons. The minimum absolute atomic E-state index is 0.620. The highest BCUT2D eigenvalue weighted by Gasteiger charge is 2.08. The first-order valence-corrected chi connectivity index (χ1v) is 5.61. The van der Waals surface area contributed by atoms with E-state index in [4.69, 9.17) is 4.74 Å². The van der Waals surface area contributed by atoms with Crippen LogP contribution in [0.1, 0.15) is 26.7 Å². The zero-order valence-electron chi connectivity index (χ0n) is 10.3. The summed E-state index contributed by atoms with van der Waals surface area (Å²) < 4.78 is 5.74. The molecule has 0 saturated carbocycles. The fourth-order valence-corrected chi connectivity index (χ4v) is 1.67. The molecule has 0 N–H and O–H groups in total. The molecule has 1 rings (SSSR count). The molecule has 0 saturated heterocycles. The Kier molecular flexibility index (Phi) is 4.84. The predicted octanol–water partition coefficient (Wildman–Crippen LogP) is 4.32. The molecule has 86 valence electrons. The zero-order chi connectivity index (χ0) is 12.0. The second-order valence-corrected chi connectivity index (χ2v) is 4.04. The minimum Gasteiger partial charge on any atom is -0.489 e. The Morgan fingerprint density at radius 2 is 1.81 bits per heavy atom. The molecular formula is C15H20O. The smallest absolute Gasteiger partial charge is 0.118 e. The summed E-state index contributed by atoms with van der Waals surface area (Å²) in [5.41, 5.74) is 3.91. The van der Waals surface area contributed by atoms with Gasteiger partial charge in [-0.05, 0) is 43.9 Å². The van der Waals surface area contributed by atoms with Gasteiger partial charge >= 0.3 is 0 Å². The molecule has 1 nitrogen and oxygen atoms in total. The highest BCUT2D eigenvalue weighted by molar-refractivity contribution is 5.30. The van der Waals surface area contributed by atoms with Crippen LogP contribution in [0.3, 0.4) is 0 Å². The van der Waals surface area contributed by atoms with Crippen molar-refractivity contribution in [2.75, 3.05) is 6.61 Å². The first-order chi connectivity index (χ1) is 7.69. The summed E-state index contributed by atoms with van der Waals surface area (Å²) in [6, 6.07) is 0. The molecule has 1 heteroatoms. The van der Waals surface area contributed by atoms with E-state index in [1.807, 2.05) is 6.08 Å². The van der Waals surface area contributed by atoms with Crippen LogP contribution in [0.25, 0.3) is 0 Å². The summed E-state index contributed by atoms with van der Waals surface area (Å²) in [5, 5.41) is 0. The lowest BCUT2D eigenvalue weighted by atomic mass is 10.00. The SMILES string of the molecule is C=C/C=C\C1=C(/C)CC/C(C)=C(/C=C)OC1. The van der Waals surface area contributed by atoms with Gasteiger partial charge in [0.25, 0.3) is 0 Å². The van der Waals surface area contributed by atoms with Crippen LogP contribution in [0.15, 0.2) is 59.9 Å². The van der Waals surface area contributed by atoms with Crippen molar-refractivity contribution >= 4 is 0 Å². The van der Waals surface area contributed by atoms with Crippen LogP contribution in [0.4, 0.5) is 0 Å². The van der Waals surface area contributed by atoms with Gasteiger partial charge in [0.1, 0.15) is 12.4 Å². The van der Waals surface area contributed by atoms with E-state index in [1.165, 1.54) is 16.7 Å². The number of allylic oxidation sites excluding steroid dienone is 5. The zero-order valence-corrected chi connectivity index (χ0v) is 10.3. The molecule has 1 aliphatic rings. The number of ether oxygens (including phenoxy) is 1. The lowest BCUT2D eigenvalue weighted by Crippen LogP contribution is -2.04. The van der Waals surface area contributed by atoms with Gasteiger partial charge in [0.05, 0.1) is 0 Å². The molecule has 0 amide bonds. The van der Waals surface area contributed by atoms with E-state index in [-0.39, 0.29) is 0 Å². The third-order valence-corrected chi connectivity index (χ3v) is 2.85. The van der Waals surface area contributed by atoms with Crippen LogP contribution in [-0.4, -0.2) is 6.61 Å². The van der Waals surface area contributed by atoms with Crippen LogP contribution in [-0.2, 0) is 4.74 Å². The summed E-state index contributed by atoms with van der Waals surface area (Å²) in [6.45, 7) is 12.4. The Balaban J connectivity index is 2.86. The molecule has 16 heavy (non-hydrogen) atoms. The van der Waals surface area contributed by atoms with E-state index in [1.54, 1.807) is 12.2 Å². The molecule has 0 bridgehead atoms. The average Bonchev–Trinajstić information content (AvgIpc) is 2.28. The van der Waals surface area contributed by atoms with Gasteiger partial charge in [0.15, 0.2) is 0 Å². The van der Waals surface area contributed by atoms with Crippen LogP contribution in [0, 0.1) is 0 Å². The molecular weight excluding hydrogens is 196 g/mol. The van der Waals surface area contributed by atoms with Crippen molar-refractivity contribution in [2.24, 2.45) is 0 Å². The Labute approximate surface area is 98.5 Å². The first kappa shape index (κ1) is 12.6. The second kappa shape index (κ2) is 6.16. The summed E-state index contributed by atoms with van der Waals surface area (Å²) in [4.78, 5) is 0. The molecule has 0 aromatic rings. The quantitative estimate of drug-likeness (QED) is 0.638. The number of hydrogen-bond donors (Lipinski definition) is 0. The van der Waals surface area contributed by atoms with Crippen LogP contribution in [0.5, 0.6) is 0 Å². The van der Waals surface area contributed by atoms with E-state index in [9.17, 15) is 0 Å². The van der Waals surface area contributed by atoms with Crippen molar-refractivity contribution in [1.29, 1.82) is 0 Å². The molecule has 1 aliphatic heterocycles. The minimum atomic E-state index is 0.620. The average molecular weight is 216 g/mol. The Morgan fingerprint density at radius 1 is 1.12 bits per heavy atom. The highest BCUT2D eigenvalue weighted by atomic mass is 16.5. The van der Waals surface area contributed by atoms with Crippen molar-refractivity contribution in [3.63, 3.8) is 0 Å². The molecule has 0 unspecified atom stereocenters. The Bertz CT molecular complexity index is 367. The van der Waals surface area contributed by atoms with Gasteiger partial charge in [0.2, 0.25) is 0 Å². The monoisotopic (exact) mass is 216 g/mol. The van der Waals surface area contributed by atoms with Crippen molar-refractivity contribution in [1.82, 2.24) is 0 Å². The standard InChI is InChI=1S/C15H20O/c1-5-7-8-14-11-16-15(6-2)13(4)10-9-12(14)3/h5-8H,1-2,9-11H2,3-4H3/b8-7-,14-12-,15-13-. The molecule has 0 aromatic carbocycles. The summed E-state index contributed by atoms with van der Waals surface area (Å²) in [7, 11) is 0. The topological polar surface area (TPSA) is 9.23 Å². The van der Waals surface area contributed by atoms with E-state index in [0.29, 0.717) is 6.61 Å². The summed E-state index contributed by atoms with van der Waals surface area (Å²) in [6.07, 6.45) is 9.74. The van der Waals surface area contributed by atoms with Crippen LogP contribution < -0.4 is 0 Å². The van der Waals surface area contributed by atoms with Gasteiger partial charge in [-0.1, -0.05) is 37.0 Å². The number of rotatable bonds is 3. The molecule has 0 fully saturated rings. The van der Waals surface area contributed by atoms with Crippen molar-refractivity contribution in [3.05, 3.63) is 59.9 Å². The Morgan fingerprint density at radius 3 is 2.44 bits per heavy atom. The van der Waals surface area contributed by atoms with E-state index in [2.05, 4.69) is 33.1 Å². The molecule has 1 heterocycles. The van der Waals surface area contributed by atoms with Crippen molar-refractivity contribution < 1.29 is 4.74 Å². The molecule has 0 aliphatic carbocycles. The molecule has 0 spiro atoms. The molecule has 0 atom stereocenters. The third kappa shape index (κ3) is 3.27.